The number of amides is 1. The molecule has 1 amide bonds. The summed E-state index contributed by atoms with van der Waals surface area (Å²) in [5.74, 6) is 0.0422. The highest BCUT2D eigenvalue weighted by molar-refractivity contribution is 5.86. The van der Waals surface area contributed by atoms with Crippen LogP contribution in [0.4, 0.5) is 0 Å². The molecule has 0 aliphatic carbocycles. The van der Waals surface area contributed by atoms with E-state index < -0.39 is 5.41 Å². The van der Waals surface area contributed by atoms with Crippen molar-refractivity contribution >= 4 is 11.7 Å². The van der Waals surface area contributed by atoms with E-state index in [1.54, 1.807) is 21.0 Å². The molecule has 0 aliphatic rings. The van der Waals surface area contributed by atoms with E-state index >= 15 is 0 Å². The quantitative estimate of drug-likeness (QED) is 0.193. The Bertz CT molecular complexity index is 252. The molecular formula is C10H21N3O3. The molecule has 0 rings (SSSR count). The van der Waals surface area contributed by atoms with Gasteiger partial charge in [0.2, 0.25) is 5.91 Å². The Morgan fingerprint density at radius 1 is 1.56 bits per heavy atom. The van der Waals surface area contributed by atoms with Crippen molar-refractivity contribution in [3.63, 3.8) is 0 Å². The van der Waals surface area contributed by atoms with Crippen LogP contribution in [0.1, 0.15) is 26.7 Å². The monoisotopic (exact) mass is 231 g/mol. The molecule has 0 saturated heterocycles. The summed E-state index contributed by atoms with van der Waals surface area (Å²) in [4.78, 5) is 11.4. The van der Waals surface area contributed by atoms with Crippen molar-refractivity contribution in [1.82, 2.24) is 5.32 Å². The number of hydrogen-bond acceptors (Lipinski definition) is 4. The molecular weight excluding hydrogens is 210 g/mol. The Balaban J connectivity index is 3.91. The van der Waals surface area contributed by atoms with Crippen LogP contribution in [-0.4, -0.2) is 37.2 Å². The lowest BCUT2D eigenvalue weighted by atomic mass is 9.92. The smallest absolute Gasteiger partial charge is 0.220 e. The van der Waals surface area contributed by atoms with E-state index in [-0.39, 0.29) is 11.7 Å². The molecule has 0 bridgehead atoms. The third kappa shape index (κ3) is 5.55. The summed E-state index contributed by atoms with van der Waals surface area (Å²) in [7, 11) is 1.60. The SMILES string of the molecule is COCCCC(=O)NCC(C)(C)C(N)=NO. The van der Waals surface area contributed by atoms with Crippen molar-refractivity contribution in [2.75, 3.05) is 20.3 Å². The first-order chi connectivity index (χ1) is 7.44. The van der Waals surface area contributed by atoms with Crippen LogP contribution < -0.4 is 11.1 Å². The van der Waals surface area contributed by atoms with Gasteiger partial charge in [-0.15, -0.1) is 0 Å². The molecule has 0 aliphatic heterocycles. The lowest BCUT2D eigenvalue weighted by Gasteiger charge is -2.23. The number of methoxy groups -OCH3 is 1. The number of nitrogens with two attached hydrogens (primary N) is 1. The first kappa shape index (κ1) is 14.7. The Morgan fingerprint density at radius 3 is 2.69 bits per heavy atom. The minimum Gasteiger partial charge on any atom is -0.409 e. The standard InChI is InChI=1S/C10H21N3O3/c1-10(2,9(11)13-15)7-12-8(14)5-4-6-16-3/h15H,4-7H2,1-3H3,(H2,11,13)(H,12,14). The van der Waals surface area contributed by atoms with Gasteiger partial charge in [-0.05, 0) is 6.42 Å². The van der Waals surface area contributed by atoms with E-state index in [1.807, 2.05) is 0 Å². The second-order valence-corrected chi connectivity index (χ2v) is 4.24. The molecule has 6 heteroatoms. The molecule has 0 aromatic heterocycles. The van der Waals surface area contributed by atoms with Crippen LogP contribution in [0.5, 0.6) is 0 Å². The summed E-state index contributed by atoms with van der Waals surface area (Å²) in [6.07, 6.45) is 1.10. The molecule has 0 unspecified atom stereocenters. The van der Waals surface area contributed by atoms with Crippen LogP contribution in [0.3, 0.4) is 0 Å². The topological polar surface area (TPSA) is 96.9 Å². The Morgan fingerprint density at radius 2 is 2.19 bits per heavy atom. The number of rotatable bonds is 7. The van der Waals surface area contributed by atoms with E-state index in [0.29, 0.717) is 26.0 Å². The van der Waals surface area contributed by atoms with Crippen LogP contribution in [0, 0.1) is 5.41 Å². The van der Waals surface area contributed by atoms with Gasteiger partial charge >= 0.3 is 0 Å². The maximum absolute atomic E-state index is 11.4. The van der Waals surface area contributed by atoms with E-state index in [1.165, 1.54) is 0 Å². The lowest BCUT2D eigenvalue weighted by Crippen LogP contribution is -2.42. The number of oxime groups is 1. The maximum Gasteiger partial charge on any atom is 0.220 e. The number of nitrogens with one attached hydrogen (secondary N) is 1. The average molecular weight is 231 g/mol. The number of ether oxygens (including phenoxy) is 1. The van der Waals surface area contributed by atoms with Gasteiger partial charge in [-0.1, -0.05) is 19.0 Å². The molecule has 0 radical (unpaired) electrons. The second kappa shape index (κ2) is 7.05. The number of nitrogens with zero attached hydrogens (tertiary/aromatic N) is 1. The molecule has 4 N–H and O–H groups in total. The number of carbonyl (C=O) groups is 1. The number of carbonyl (C=O) groups excluding carboxylic acids is 1. The predicted octanol–water partition coefficient (Wildman–Crippen LogP) is 0.302. The highest BCUT2D eigenvalue weighted by Crippen LogP contribution is 2.13. The molecule has 0 spiro atoms. The van der Waals surface area contributed by atoms with Crippen LogP contribution in [0.25, 0.3) is 0 Å². The van der Waals surface area contributed by atoms with Gasteiger partial charge in [0.15, 0.2) is 0 Å². The molecule has 16 heavy (non-hydrogen) atoms. The largest absolute Gasteiger partial charge is 0.409 e. The Hall–Kier alpha value is -1.30. The van der Waals surface area contributed by atoms with Gasteiger partial charge in [0.25, 0.3) is 0 Å². The van der Waals surface area contributed by atoms with Crippen LogP contribution in [0.15, 0.2) is 5.16 Å². The first-order valence-corrected chi connectivity index (χ1v) is 5.17. The van der Waals surface area contributed by atoms with Crippen molar-refractivity contribution in [3.05, 3.63) is 0 Å². The van der Waals surface area contributed by atoms with Crippen LogP contribution in [-0.2, 0) is 9.53 Å². The van der Waals surface area contributed by atoms with Gasteiger partial charge in [-0.3, -0.25) is 4.79 Å². The van der Waals surface area contributed by atoms with Gasteiger partial charge in [0.1, 0.15) is 5.84 Å². The fourth-order valence-electron chi connectivity index (χ4n) is 1.01. The van der Waals surface area contributed by atoms with E-state index in [4.69, 9.17) is 15.7 Å². The summed E-state index contributed by atoms with van der Waals surface area (Å²) < 4.78 is 4.84. The number of amidine groups is 1. The third-order valence-corrected chi connectivity index (χ3v) is 2.28. The van der Waals surface area contributed by atoms with E-state index in [9.17, 15) is 4.79 Å². The van der Waals surface area contributed by atoms with E-state index in [0.717, 1.165) is 0 Å². The molecule has 0 saturated carbocycles. The highest BCUT2D eigenvalue weighted by atomic mass is 16.5. The van der Waals surface area contributed by atoms with E-state index in [2.05, 4.69) is 10.5 Å². The Kier molecular flexibility index (Phi) is 6.48. The van der Waals surface area contributed by atoms with Crippen molar-refractivity contribution in [2.24, 2.45) is 16.3 Å². The van der Waals surface area contributed by atoms with Crippen molar-refractivity contribution in [1.29, 1.82) is 0 Å². The first-order valence-electron chi connectivity index (χ1n) is 5.17. The summed E-state index contributed by atoms with van der Waals surface area (Å²) in [6, 6.07) is 0. The van der Waals surface area contributed by atoms with Crippen molar-refractivity contribution in [2.45, 2.75) is 26.7 Å². The normalized spacial score (nSPS) is 12.6. The molecule has 0 heterocycles. The zero-order valence-corrected chi connectivity index (χ0v) is 10.1. The fraction of sp³-hybridized carbons (Fsp3) is 0.800. The minimum absolute atomic E-state index is 0.0594. The molecule has 0 aromatic rings. The van der Waals surface area contributed by atoms with Gasteiger partial charge in [-0.2, -0.15) is 0 Å². The summed E-state index contributed by atoms with van der Waals surface area (Å²) in [6.45, 7) is 4.49. The molecule has 0 aromatic carbocycles. The molecule has 0 atom stereocenters. The molecule has 94 valence electrons. The zero-order chi connectivity index (χ0) is 12.6. The fourth-order valence-corrected chi connectivity index (χ4v) is 1.01. The lowest BCUT2D eigenvalue weighted by molar-refractivity contribution is -0.121. The average Bonchev–Trinajstić information content (AvgIpc) is 2.25. The highest BCUT2D eigenvalue weighted by Gasteiger charge is 2.24. The predicted molar refractivity (Wildman–Crippen MR) is 61.3 cm³/mol. The van der Waals surface area contributed by atoms with Gasteiger partial charge in [0, 0.05) is 32.1 Å². The summed E-state index contributed by atoms with van der Waals surface area (Å²) in [5, 5.41) is 14.2. The zero-order valence-electron chi connectivity index (χ0n) is 10.1. The van der Waals surface area contributed by atoms with Crippen molar-refractivity contribution < 1.29 is 14.7 Å². The van der Waals surface area contributed by atoms with Gasteiger partial charge in [-0.25, -0.2) is 0 Å². The third-order valence-electron chi connectivity index (χ3n) is 2.28. The second-order valence-electron chi connectivity index (χ2n) is 4.24. The van der Waals surface area contributed by atoms with Crippen molar-refractivity contribution in [3.8, 4) is 0 Å². The van der Waals surface area contributed by atoms with Crippen LogP contribution in [0.2, 0.25) is 0 Å². The summed E-state index contributed by atoms with van der Waals surface area (Å²) in [5.41, 5.74) is 4.94. The molecule has 6 nitrogen and oxygen atoms in total. The Labute approximate surface area is 95.8 Å². The van der Waals surface area contributed by atoms with Crippen LogP contribution >= 0.6 is 0 Å². The molecule has 0 fully saturated rings. The number of hydrogen-bond donors (Lipinski definition) is 3. The maximum atomic E-state index is 11.4. The van der Waals surface area contributed by atoms with Gasteiger partial charge in [0.05, 0.1) is 0 Å². The minimum atomic E-state index is -0.550. The summed E-state index contributed by atoms with van der Waals surface area (Å²) >= 11 is 0. The van der Waals surface area contributed by atoms with Gasteiger partial charge < -0.3 is 21.0 Å².